The van der Waals surface area contributed by atoms with E-state index in [4.69, 9.17) is 4.74 Å². The Balaban J connectivity index is 2.04. The van der Waals surface area contributed by atoms with E-state index < -0.39 is 6.61 Å². The second kappa shape index (κ2) is 7.21. The molecule has 22 heavy (non-hydrogen) atoms. The lowest BCUT2D eigenvalue weighted by Gasteiger charge is -2.12. The van der Waals surface area contributed by atoms with Crippen LogP contribution in [-0.2, 0) is 11.3 Å². The van der Waals surface area contributed by atoms with Crippen LogP contribution in [0.25, 0.3) is 0 Å². The van der Waals surface area contributed by atoms with Crippen molar-refractivity contribution in [3.05, 3.63) is 35.1 Å². The molecule has 1 aromatic carbocycles. The fourth-order valence-electron chi connectivity index (χ4n) is 1.71. The Morgan fingerprint density at radius 2 is 2.23 bits per heavy atom. The van der Waals surface area contributed by atoms with Gasteiger partial charge in [0.2, 0.25) is 5.91 Å². The molecule has 0 aliphatic rings. The normalized spacial score (nSPS) is 10.6. The first-order valence-corrected chi connectivity index (χ1v) is 6.88. The summed E-state index contributed by atoms with van der Waals surface area (Å²) in [5.41, 5.74) is 0.398. The van der Waals surface area contributed by atoms with E-state index in [0.717, 1.165) is 4.47 Å². The standard InChI is InChI=1S/C13H12BrF2N3O3/c1-21-11-4-9(2-3-10(11)22-13(15)16)18-12(20)7-19-6-8(14)5-17-19/h2-6,13H,7H2,1H3,(H,18,20). The van der Waals surface area contributed by atoms with Crippen LogP contribution < -0.4 is 14.8 Å². The summed E-state index contributed by atoms with van der Waals surface area (Å²) >= 11 is 3.23. The molecule has 0 atom stereocenters. The number of hydrogen-bond donors (Lipinski definition) is 1. The maximum absolute atomic E-state index is 12.2. The first kappa shape index (κ1) is 16.2. The maximum Gasteiger partial charge on any atom is 0.387 e. The summed E-state index contributed by atoms with van der Waals surface area (Å²) in [7, 11) is 1.32. The highest BCUT2D eigenvalue weighted by atomic mass is 79.9. The Morgan fingerprint density at radius 1 is 1.45 bits per heavy atom. The predicted molar refractivity (Wildman–Crippen MR) is 78.2 cm³/mol. The van der Waals surface area contributed by atoms with Gasteiger partial charge >= 0.3 is 6.61 Å². The van der Waals surface area contributed by atoms with Crippen molar-refractivity contribution < 1.29 is 23.0 Å². The number of aromatic nitrogens is 2. The van der Waals surface area contributed by atoms with Crippen LogP contribution in [0.5, 0.6) is 11.5 Å². The van der Waals surface area contributed by atoms with E-state index in [-0.39, 0.29) is 24.0 Å². The predicted octanol–water partition coefficient (Wildman–Crippen LogP) is 2.89. The molecule has 0 spiro atoms. The van der Waals surface area contributed by atoms with Crippen molar-refractivity contribution in [3.8, 4) is 11.5 Å². The second-order valence-electron chi connectivity index (χ2n) is 4.15. The van der Waals surface area contributed by atoms with Gasteiger partial charge in [-0.2, -0.15) is 13.9 Å². The molecule has 1 aromatic heterocycles. The molecule has 0 saturated heterocycles. The Labute approximate surface area is 133 Å². The van der Waals surface area contributed by atoms with Crippen molar-refractivity contribution >= 4 is 27.5 Å². The van der Waals surface area contributed by atoms with Gasteiger partial charge in [-0.05, 0) is 28.1 Å². The van der Waals surface area contributed by atoms with Gasteiger partial charge in [0.1, 0.15) is 6.54 Å². The summed E-state index contributed by atoms with van der Waals surface area (Å²) in [6.07, 6.45) is 3.21. The molecule has 0 aliphatic carbocycles. The fraction of sp³-hybridized carbons (Fsp3) is 0.231. The van der Waals surface area contributed by atoms with Gasteiger partial charge in [-0.3, -0.25) is 9.48 Å². The number of hydrogen-bond acceptors (Lipinski definition) is 4. The van der Waals surface area contributed by atoms with Crippen molar-refractivity contribution in [2.45, 2.75) is 13.2 Å². The Kier molecular flexibility index (Phi) is 5.31. The van der Waals surface area contributed by atoms with Crippen LogP contribution in [0.1, 0.15) is 0 Å². The number of rotatable bonds is 6. The van der Waals surface area contributed by atoms with Gasteiger partial charge in [-0.25, -0.2) is 0 Å². The lowest BCUT2D eigenvalue weighted by Crippen LogP contribution is -2.19. The zero-order chi connectivity index (χ0) is 16.1. The minimum Gasteiger partial charge on any atom is -0.493 e. The van der Waals surface area contributed by atoms with E-state index in [9.17, 15) is 13.6 Å². The number of alkyl halides is 2. The largest absolute Gasteiger partial charge is 0.493 e. The zero-order valence-corrected chi connectivity index (χ0v) is 13.0. The van der Waals surface area contributed by atoms with Crippen LogP contribution in [0.15, 0.2) is 35.1 Å². The molecular weight excluding hydrogens is 364 g/mol. The average Bonchev–Trinajstić information content (AvgIpc) is 2.85. The van der Waals surface area contributed by atoms with Gasteiger partial charge in [0.25, 0.3) is 0 Å². The third kappa shape index (κ3) is 4.42. The quantitative estimate of drug-likeness (QED) is 0.842. The maximum atomic E-state index is 12.2. The Bertz CT molecular complexity index is 664. The van der Waals surface area contributed by atoms with Crippen molar-refractivity contribution in [3.63, 3.8) is 0 Å². The molecular formula is C13H12BrF2N3O3. The first-order valence-electron chi connectivity index (χ1n) is 6.08. The van der Waals surface area contributed by atoms with Gasteiger partial charge in [0, 0.05) is 18.0 Å². The molecule has 1 heterocycles. The molecule has 9 heteroatoms. The summed E-state index contributed by atoms with van der Waals surface area (Å²) in [5, 5.41) is 6.58. The topological polar surface area (TPSA) is 65.4 Å². The molecule has 1 N–H and O–H groups in total. The molecule has 2 aromatic rings. The van der Waals surface area contributed by atoms with E-state index >= 15 is 0 Å². The molecule has 0 saturated carbocycles. The number of nitrogens with zero attached hydrogens (tertiary/aromatic N) is 2. The number of anilines is 1. The number of ether oxygens (including phenoxy) is 2. The third-order valence-corrected chi connectivity index (χ3v) is 2.98. The second-order valence-corrected chi connectivity index (χ2v) is 5.06. The third-order valence-electron chi connectivity index (χ3n) is 2.57. The van der Waals surface area contributed by atoms with Crippen LogP contribution in [0, 0.1) is 0 Å². The highest BCUT2D eigenvalue weighted by Crippen LogP contribution is 2.31. The minimum absolute atomic E-state index is 0.0171. The van der Waals surface area contributed by atoms with Crippen molar-refractivity contribution in [1.82, 2.24) is 9.78 Å². The lowest BCUT2D eigenvalue weighted by molar-refractivity contribution is -0.116. The summed E-state index contributed by atoms with van der Waals surface area (Å²) in [5.74, 6) is -0.327. The summed E-state index contributed by atoms with van der Waals surface area (Å²) in [6.45, 7) is -2.93. The van der Waals surface area contributed by atoms with Gasteiger partial charge in [0.15, 0.2) is 11.5 Å². The lowest BCUT2D eigenvalue weighted by atomic mass is 10.2. The van der Waals surface area contributed by atoms with E-state index in [0.29, 0.717) is 5.69 Å². The van der Waals surface area contributed by atoms with Gasteiger partial charge in [-0.15, -0.1) is 0 Å². The molecule has 0 bridgehead atoms. The highest BCUT2D eigenvalue weighted by Gasteiger charge is 2.12. The molecule has 1 amide bonds. The van der Waals surface area contributed by atoms with E-state index in [1.165, 1.54) is 30.0 Å². The van der Waals surface area contributed by atoms with E-state index in [1.807, 2.05) is 0 Å². The number of methoxy groups -OCH3 is 1. The molecule has 0 aliphatic heterocycles. The molecule has 0 unspecified atom stereocenters. The first-order chi connectivity index (χ1) is 10.5. The van der Waals surface area contributed by atoms with Crippen LogP contribution in [0.3, 0.4) is 0 Å². The van der Waals surface area contributed by atoms with Crippen LogP contribution >= 0.6 is 15.9 Å². The average molecular weight is 376 g/mol. The number of carbonyl (C=O) groups is 1. The van der Waals surface area contributed by atoms with Crippen molar-refractivity contribution in [1.29, 1.82) is 0 Å². The molecule has 118 valence electrons. The number of benzene rings is 1. The molecule has 2 rings (SSSR count). The van der Waals surface area contributed by atoms with Crippen LogP contribution in [0.4, 0.5) is 14.5 Å². The smallest absolute Gasteiger partial charge is 0.387 e. The van der Waals surface area contributed by atoms with Gasteiger partial charge in [0.05, 0.1) is 17.8 Å². The number of halogens is 3. The summed E-state index contributed by atoms with van der Waals surface area (Å²) in [4.78, 5) is 11.9. The highest BCUT2D eigenvalue weighted by molar-refractivity contribution is 9.10. The molecule has 0 radical (unpaired) electrons. The van der Waals surface area contributed by atoms with Crippen LogP contribution in [0.2, 0.25) is 0 Å². The van der Waals surface area contributed by atoms with E-state index in [2.05, 4.69) is 31.1 Å². The van der Waals surface area contributed by atoms with E-state index in [1.54, 1.807) is 12.4 Å². The number of nitrogens with one attached hydrogen (secondary N) is 1. The monoisotopic (exact) mass is 375 g/mol. The van der Waals surface area contributed by atoms with Crippen molar-refractivity contribution in [2.75, 3.05) is 12.4 Å². The van der Waals surface area contributed by atoms with Crippen molar-refractivity contribution in [2.24, 2.45) is 0 Å². The van der Waals surface area contributed by atoms with Crippen LogP contribution in [-0.4, -0.2) is 29.4 Å². The molecule has 0 fully saturated rings. The van der Waals surface area contributed by atoms with Gasteiger partial charge < -0.3 is 14.8 Å². The zero-order valence-electron chi connectivity index (χ0n) is 11.4. The minimum atomic E-state index is -2.95. The number of carbonyl (C=O) groups excluding carboxylic acids is 1. The molecule has 6 nitrogen and oxygen atoms in total. The SMILES string of the molecule is COc1cc(NC(=O)Cn2cc(Br)cn2)ccc1OC(F)F. The summed E-state index contributed by atoms with van der Waals surface area (Å²) < 4.78 is 35.9. The van der Waals surface area contributed by atoms with Gasteiger partial charge in [-0.1, -0.05) is 0 Å². The fourth-order valence-corrected chi connectivity index (χ4v) is 2.04. The number of amides is 1. The Morgan fingerprint density at radius 3 is 2.82 bits per heavy atom. The Hall–Kier alpha value is -2.16. The summed E-state index contributed by atoms with van der Waals surface area (Å²) in [6, 6.07) is 4.14.